The molecular formula is C26H32N6O5. The molecule has 3 amide bonds. The van der Waals surface area contributed by atoms with Crippen LogP contribution in [0.5, 0.6) is 0 Å². The van der Waals surface area contributed by atoms with Crippen LogP contribution in [0, 0.1) is 0 Å². The number of aromatic amines is 2. The molecule has 37 heavy (non-hydrogen) atoms. The summed E-state index contributed by atoms with van der Waals surface area (Å²) in [6, 6.07) is 9.62. The Hall–Kier alpha value is -4.15. The maximum absolute atomic E-state index is 13.1. The van der Waals surface area contributed by atoms with E-state index in [9.17, 15) is 19.2 Å². The number of H-pyrrole nitrogens is 2. The molecule has 0 aliphatic carbocycles. The van der Waals surface area contributed by atoms with Crippen molar-refractivity contribution >= 4 is 34.6 Å². The van der Waals surface area contributed by atoms with Crippen molar-refractivity contribution < 1.29 is 23.9 Å². The summed E-state index contributed by atoms with van der Waals surface area (Å²) in [4.78, 5) is 55.6. The molecule has 196 valence electrons. The number of nitrogens with one attached hydrogen (secondary N) is 3. The fraction of sp³-hybridized carbons (Fsp3) is 0.423. The summed E-state index contributed by atoms with van der Waals surface area (Å²) >= 11 is 0. The minimum atomic E-state index is -0.358. The molecule has 3 aromatic rings. The van der Waals surface area contributed by atoms with Crippen LogP contribution < -0.4 is 5.32 Å². The summed E-state index contributed by atoms with van der Waals surface area (Å²) in [5.41, 5.74) is 4.00. The summed E-state index contributed by atoms with van der Waals surface area (Å²) in [5, 5.41) is 11.2. The Bertz CT molecular complexity index is 1260. The van der Waals surface area contributed by atoms with E-state index < -0.39 is 0 Å². The highest BCUT2D eigenvalue weighted by Gasteiger charge is 2.27. The number of fused-ring (bicyclic) bond motifs is 2. The summed E-state index contributed by atoms with van der Waals surface area (Å²) in [6.45, 7) is 3.44. The summed E-state index contributed by atoms with van der Waals surface area (Å²) in [5.74, 6) is -0.930. The van der Waals surface area contributed by atoms with Gasteiger partial charge >= 0.3 is 5.97 Å². The number of hydrogen-bond donors (Lipinski definition) is 3. The number of carbonyl (C=O) groups excluding carboxylic acids is 4. The van der Waals surface area contributed by atoms with Gasteiger partial charge in [0.2, 0.25) is 11.8 Å². The minimum absolute atomic E-state index is 0.0280. The van der Waals surface area contributed by atoms with Crippen LogP contribution in [0.4, 0.5) is 0 Å². The van der Waals surface area contributed by atoms with Crippen LogP contribution in [0.25, 0.3) is 10.9 Å². The van der Waals surface area contributed by atoms with Gasteiger partial charge in [-0.2, -0.15) is 5.10 Å². The number of aromatic nitrogens is 3. The van der Waals surface area contributed by atoms with Crippen molar-refractivity contribution in [2.45, 2.75) is 45.7 Å². The van der Waals surface area contributed by atoms with Gasteiger partial charge in [-0.3, -0.25) is 24.3 Å². The fourth-order valence-electron chi connectivity index (χ4n) is 4.33. The largest absolute Gasteiger partial charge is 0.466 e. The lowest BCUT2D eigenvalue weighted by Gasteiger charge is -2.26. The van der Waals surface area contributed by atoms with E-state index in [-0.39, 0.29) is 56.0 Å². The molecule has 0 saturated heterocycles. The number of esters is 1. The third-order valence-electron chi connectivity index (χ3n) is 6.47. The van der Waals surface area contributed by atoms with Crippen LogP contribution in [0.3, 0.4) is 0 Å². The van der Waals surface area contributed by atoms with E-state index in [2.05, 4.69) is 20.5 Å². The number of para-hydroxylation sites is 1. The van der Waals surface area contributed by atoms with Crippen molar-refractivity contribution in [1.29, 1.82) is 0 Å². The first-order chi connectivity index (χ1) is 17.9. The third-order valence-corrected chi connectivity index (χ3v) is 6.47. The van der Waals surface area contributed by atoms with Gasteiger partial charge in [-0.1, -0.05) is 18.2 Å². The van der Waals surface area contributed by atoms with Crippen LogP contribution >= 0.6 is 0 Å². The van der Waals surface area contributed by atoms with Crippen LogP contribution in [-0.2, 0) is 38.6 Å². The predicted molar refractivity (Wildman–Crippen MR) is 135 cm³/mol. The van der Waals surface area contributed by atoms with Crippen molar-refractivity contribution in [1.82, 2.24) is 30.3 Å². The van der Waals surface area contributed by atoms with E-state index in [0.29, 0.717) is 37.5 Å². The van der Waals surface area contributed by atoms with Gasteiger partial charge in [0.05, 0.1) is 25.3 Å². The van der Waals surface area contributed by atoms with Crippen molar-refractivity contribution in [2.24, 2.45) is 0 Å². The van der Waals surface area contributed by atoms with Gasteiger partial charge in [-0.15, -0.1) is 0 Å². The van der Waals surface area contributed by atoms with Crippen LogP contribution in [0.2, 0.25) is 0 Å². The molecule has 0 radical (unpaired) electrons. The van der Waals surface area contributed by atoms with Crippen molar-refractivity contribution in [3.63, 3.8) is 0 Å². The fourth-order valence-corrected chi connectivity index (χ4v) is 4.33. The second kappa shape index (κ2) is 11.7. The molecule has 1 aliphatic rings. The van der Waals surface area contributed by atoms with E-state index >= 15 is 0 Å². The third kappa shape index (κ3) is 6.35. The smallest absolute Gasteiger partial charge is 0.307 e. The highest BCUT2D eigenvalue weighted by atomic mass is 16.5. The van der Waals surface area contributed by atoms with Crippen molar-refractivity contribution in [2.75, 3.05) is 26.7 Å². The Morgan fingerprint density at radius 2 is 1.97 bits per heavy atom. The molecule has 4 rings (SSSR count). The first kappa shape index (κ1) is 25.9. The Labute approximate surface area is 214 Å². The number of hydrogen-bond acceptors (Lipinski definition) is 6. The van der Waals surface area contributed by atoms with E-state index in [1.54, 1.807) is 18.9 Å². The molecular weight excluding hydrogens is 476 g/mol. The quantitative estimate of drug-likeness (QED) is 0.357. The van der Waals surface area contributed by atoms with E-state index in [1.807, 2.05) is 30.3 Å². The lowest BCUT2D eigenvalue weighted by atomic mass is 10.0. The lowest BCUT2D eigenvalue weighted by Crippen LogP contribution is -2.36. The molecule has 0 bridgehead atoms. The summed E-state index contributed by atoms with van der Waals surface area (Å²) < 4.78 is 4.86. The number of carbonyl (C=O) groups is 4. The highest BCUT2D eigenvalue weighted by Crippen LogP contribution is 2.23. The maximum atomic E-state index is 13.1. The first-order valence-corrected chi connectivity index (χ1v) is 12.4. The van der Waals surface area contributed by atoms with Gasteiger partial charge in [-0.05, 0) is 19.1 Å². The van der Waals surface area contributed by atoms with Crippen LogP contribution in [-0.4, -0.2) is 75.4 Å². The number of ether oxygens (including phenoxy) is 1. The molecule has 3 heterocycles. The zero-order valence-corrected chi connectivity index (χ0v) is 21.1. The average molecular weight is 509 g/mol. The minimum Gasteiger partial charge on any atom is -0.466 e. The molecule has 3 N–H and O–H groups in total. The summed E-state index contributed by atoms with van der Waals surface area (Å²) in [6.07, 6.45) is 0.831. The number of rotatable bonds is 10. The molecule has 0 unspecified atom stereocenters. The van der Waals surface area contributed by atoms with Crippen LogP contribution in [0.1, 0.15) is 53.6 Å². The number of benzene rings is 1. The lowest BCUT2D eigenvalue weighted by molar-refractivity contribution is -0.144. The van der Waals surface area contributed by atoms with Gasteiger partial charge in [0, 0.05) is 68.1 Å². The number of amides is 3. The monoisotopic (exact) mass is 508 g/mol. The first-order valence-electron chi connectivity index (χ1n) is 12.4. The van der Waals surface area contributed by atoms with E-state index in [1.165, 1.54) is 4.90 Å². The SMILES string of the molecule is CCOC(=O)CCN(C)C(=O)CCC(=O)NCc1n[nH]c2c1CN(C(=O)c1cc3ccccc3[nH]1)CC2. The molecule has 0 spiro atoms. The zero-order valence-electron chi connectivity index (χ0n) is 21.1. The molecule has 11 heteroatoms. The highest BCUT2D eigenvalue weighted by molar-refractivity contribution is 5.98. The molecule has 0 fully saturated rings. The molecule has 1 aliphatic heterocycles. The molecule has 0 saturated carbocycles. The van der Waals surface area contributed by atoms with Gasteiger partial charge in [0.15, 0.2) is 0 Å². The predicted octanol–water partition coefficient (Wildman–Crippen LogP) is 1.90. The Morgan fingerprint density at radius 1 is 1.16 bits per heavy atom. The molecule has 11 nitrogen and oxygen atoms in total. The van der Waals surface area contributed by atoms with E-state index in [0.717, 1.165) is 22.2 Å². The summed E-state index contributed by atoms with van der Waals surface area (Å²) in [7, 11) is 1.60. The molecule has 0 atom stereocenters. The average Bonchev–Trinajstić information content (AvgIpc) is 3.52. The topological polar surface area (TPSA) is 140 Å². The number of nitrogens with zero attached hydrogens (tertiary/aromatic N) is 3. The Balaban J connectivity index is 1.26. The molecule has 1 aromatic carbocycles. The van der Waals surface area contributed by atoms with Gasteiger partial charge < -0.3 is 24.8 Å². The standard InChI is InChI=1S/C26H32N6O5/c1-3-37-25(35)11-12-31(2)24(34)9-8-23(33)27-15-22-18-16-32(13-10-20(18)29-30-22)26(36)21-14-17-6-4-5-7-19(17)28-21/h4-7,14,28H,3,8-13,15-16H2,1-2H3,(H,27,33)(H,29,30). The zero-order chi connectivity index (χ0) is 26.4. The van der Waals surface area contributed by atoms with Gasteiger partial charge in [0.1, 0.15) is 5.69 Å². The molecule has 2 aromatic heterocycles. The van der Waals surface area contributed by atoms with Crippen molar-refractivity contribution in [3.05, 3.63) is 53.0 Å². The normalized spacial score (nSPS) is 12.8. The Kier molecular flexibility index (Phi) is 8.22. The van der Waals surface area contributed by atoms with Gasteiger partial charge in [-0.25, -0.2) is 0 Å². The van der Waals surface area contributed by atoms with Crippen LogP contribution in [0.15, 0.2) is 30.3 Å². The van der Waals surface area contributed by atoms with Gasteiger partial charge in [0.25, 0.3) is 5.91 Å². The van der Waals surface area contributed by atoms with E-state index in [4.69, 9.17) is 4.74 Å². The van der Waals surface area contributed by atoms with Crippen molar-refractivity contribution in [3.8, 4) is 0 Å². The maximum Gasteiger partial charge on any atom is 0.307 e. The Morgan fingerprint density at radius 3 is 2.76 bits per heavy atom. The second-order valence-corrected chi connectivity index (χ2v) is 9.02. The second-order valence-electron chi connectivity index (χ2n) is 9.02.